The number of hydrogen-bond donors (Lipinski definition) is 2. The van der Waals surface area contributed by atoms with Crippen molar-refractivity contribution in [1.82, 2.24) is 20.2 Å². The Labute approximate surface area is 96.2 Å². The molecule has 17 heavy (non-hydrogen) atoms. The maximum absolute atomic E-state index is 12.3. The van der Waals surface area contributed by atoms with Crippen molar-refractivity contribution in [2.75, 3.05) is 19.6 Å². The number of aromatic nitrogens is 2. The van der Waals surface area contributed by atoms with Crippen LogP contribution in [0.3, 0.4) is 0 Å². The molecule has 0 saturated carbocycles. The maximum Gasteiger partial charge on any atom is 0.434 e. The summed E-state index contributed by atoms with van der Waals surface area (Å²) in [4.78, 5) is 8.33. The molecule has 0 radical (unpaired) electrons. The number of likely N-dealkylation sites (tertiary alicyclic amines) is 1. The van der Waals surface area contributed by atoms with Gasteiger partial charge in [-0.3, -0.25) is 4.90 Å². The second kappa shape index (κ2) is 3.71. The summed E-state index contributed by atoms with van der Waals surface area (Å²) >= 11 is 0. The molecule has 0 bridgehead atoms. The van der Waals surface area contributed by atoms with E-state index < -0.39 is 11.9 Å². The van der Waals surface area contributed by atoms with Gasteiger partial charge in [-0.15, -0.1) is 0 Å². The summed E-state index contributed by atoms with van der Waals surface area (Å²) in [5.41, 5.74) is -0.839. The summed E-state index contributed by atoms with van der Waals surface area (Å²) in [5.74, 6) is 1.05. The minimum Gasteiger partial charge on any atom is -0.347 e. The third-order valence-electron chi connectivity index (χ3n) is 3.52. The van der Waals surface area contributed by atoms with E-state index in [1.165, 1.54) is 0 Å². The lowest BCUT2D eigenvalue weighted by Gasteiger charge is -2.43. The molecule has 2 fully saturated rings. The van der Waals surface area contributed by atoms with Gasteiger partial charge in [-0.05, 0) is 0 Å². The first kappa shape index (κ1) is 11.0. The normalized spacial score (nSPS) is 29.1. The lowest BCUT2D eigenvalue weighted by atomic mass is 9.92. The Morgan fingerprint density at radius 2 is 2.24 bits per heavy atom. The Bertz CT molecular complexity index is 414. The first-order valence-electron chi connectivity index (χ1n) is 5.60. The zero-order chi connectivity index (χ0) is 12.0. The molecule has 1 aromatic heterocycles. The number of nitrogens with one attached hydrogen (secondary N) is 2. The van der Waals surface area contributed by atoms with Crippen LogP contribution in [0.15, 0.2) is 6.20 Å². The van der Waals surface area contributed by atoms with Gasteiger partial charge in [0.2, 0.25) is 0 Å². The molecule has 1 aromatic rings. The van der Waals surface area contributed by atoms with E-state index in [0.717, 1.165) is 25.8 Å². The summed E-state index contributed by atoms with van der Waals surface area (Å²) in [6, 6.07) is 0.467. The second-order valence-electron chi connectivity index (χ2n) is 4.65. The highest BCUT2D eigenvalue weighted by Crippen LogP contribution is 2.30. The van der Waals surface area contributed by atoms with Gasteiger partial charge in [0, 0.05) is 37.8 Å². The van der Waals surface area contributed by atoms with E-state index in [9.17, 15) is 13.2 Å². The van der Waals surface area contributed by atoms with E-state index in [0.29, 0.717) is 24.3 Å². The van der Waals surface area contributed by atoms with Crippen molar-refractivity contribution in [1.29, 1.82) is 0 Å². The number of rotatable bonds is 2. The quantitative estimate of drug-likeness (QED) is 0.812. The number of alkyl halides is 3. The summed E-state index contributed by atoms with van der Waals surface area (Å²) in [6.45, 7) is 3.36. The number of aromatic amines is 1. The predicted octanol–water partition coefficient (Wildman–Crippen LogP) is 0.832. The average molecular weight is 246 g/mol. The molecule has 2 unspecified atom stereocenters. The average Bonchev–Trinajstić information content (AvgIpc) is 2.79. The molecule has 2 N–H and O–H groups in total. The van der Waals surface area contributed by atoms with E-state index in [1.807, 2.05) is 0 Å². The van der Waals surface area contributed by atoms with Gasteiger partial charge in [0.15, 0.2) is 5.69 Å². The van der Waals surface area contributed by atoms with Gasteiger partial charge in [0.05, 0.1) is 6.54 Å². The van der Waals surface area contributed by atoms with E-state index >= 15 is 0 Å². The van der Waals surface area contributed by atoms with Crippen LogP contribution in [0.4, 0.5) is 13.2 Å². The summed E-state index contributed by atoms with van der Waals surface area (Å²) in [7, 11) is 0. The number of halogens is 3. The Morgan fingerprint density at radius 3 is 2.88 bits per heavy atom. The molecule has 3 heterocycles. The maximum atomic E-state index is 12.3. The van der Waals surface area contributed by atoms with Gasteiger partial charge in [-0.2, -0.15) is 13.2 Å². The van der Waals surface area contributed by atoms with Crippen molar-refractivity contribution in [3.63, 3.8) is 0 Å². The minimum atomic E-state index is -4.36. The van der Waals surface area contributed by atoms with Gasteiger partial charge >= 0.3 is 6.18 Å². The van der Waals surface area contributed by atoms with Crippen LogP contribution in [0.2, 0.25) is 0 Å². The van der Waals surface area contributed by atoms with Gasteiger partial charge in [-0.1, -0.05) is 0 Å². The number of H-pyrrole nitrogens is 1. The highest BCUT2D eigenvalue weighted by atomic mass is 19.4. The fourth-order valence-electron chi connectivity index (χ4n) is 2.59. The highest BCUT2D eigenvalue weighted by Gasteiger charge is 2.42. The SMILES string of the molecule is FC(F)(F)c1c[nH]c(CN2CC3CNCC32)n1. The topological polar surface area (TPSA) is 44.0 Å². The van der Waals surface area contributed by atoms with Crippen LogP contribution in [0.25, 0.3) is 0 Å². The Balaban J connectivity index is 1.64. The molecule has 94 valence electrons. The fourth-order valence-corrected chi connectivity index (χ4v) is 2.59. The van der Waals surface area contributed by atoms with Gasteiger partial charge in [0.25, 0.3) is 0 Å². The standard InChI is InChI=1S/C10H13F3N4/c11-10(12,13)8-3-15-9(16-8)5-17-4-6-1-14-2-7(6)17/h3,6-7,14H,1-2,4-5H2,(H,15,16). The number of nitrogens with zero attached hydrogens (tertiary/aromatic N) is 2. The minimum absolute atomic E-state index is 0.391. The smallest absolute Gasteiger partial charge is 0.347 e. The van der Waals surface area contributed by atoms with Crippen LogP contribution in [0, 0.1) is 5.92 Å². The molecular weight excluding hydrogens is 233 g/mol. The summed E-state index contributed by atoms with van der Waals surface area (Å²) < 4.78 is 37.0. The van der Waals surface area contributed by atoms with Crippen molar-refractivity contribution >= 4 is 0 Å². The zero-order valence-electron chi connectivity index (χ0n) is 9.09. The van der Waals surface area contributed by atoms with Crippen molar-refractivity contribution in [3.8, 4) is 0 Å². The lowest BCUT2D eigenvalue weighted by molar-refractivity contribution is -0.141. The number of hydrogen-bond acceptors (Lipinski definition) is 3. The molecule has 2 saturated heterocycles. The molecular formula is C10H13F3N4. The lowest BCUT2D eigenvalue weighted by Crippen LogP contribution is -2.54. The molecule has 3 rings (SSSR count). The van der Waals surface area contributed by atoms with E-state index in [-0.39, 0.29) is 0 Å². The zero-order valence-corrected chi connectivity index (χ0v) is 9.09. The van der Waals surface area contributed by atoms with Gasteiger partial charge in [-0.25, -0.2) is 4.98 Å². The molecule has 2 aliphatic heterocycles. The molecule has 0 aromatic carbocycles. The molecule has 0 aliphatic carbocycles. The molecule has 7 heteroatoms. The molecule has 4 nitrogen and oxygen atoms in total. The predicted molar refractivity (Wildman–Crippen MR) is 54.1 cm³/mol. The van der Waals surface area contributed by atoms with Crippen LogP contribution in [-0.2, 0) is 12.7 Å². The van der Waals surface area contributed by atoms with Crippen LogP contribution in [0.5, 0.6) is 0 Å². The van der Waals surface area contributed by atoms with E-state index in [1.54, 1.807) is 0 Å². The highest BCUT2D eigenvalue weighted by molar-refractivity contribution is 5.07. The third-order valence-corrected chi connectivity index (χ3v) is 3.52. The molecule has 0 amide bonds. The molecule has 0 spiro atoms. The molecule has 2 atom stereocenters. The first-order chi connectivity index (χ1) is 8.04. The van der Waals surface area contributed by atoms with Crippen molar-refractivity contribution < 1.29 is 13.2 Å². The second-order valence-corrected chi connectivity index (χ2v) is 4.65. The Morgan fingerprint density at radius 1 is 1.41 bits per heavy atom. The monoisotopic (exact) mass is 246 g/mol. The number of fused-ring (bicyclic) bond motifs is 1. The van der Waals surface area contributed by atoms with Gasteiger partial charge in [0.1, 0.15) is 5.82 Å². The van der Waals surface area contributed by atoms with Crippen molar-refractivity contribution in [2.24, 2.45) is 5.92 Å². The Hall–Kier alpha value is -1.08. The number of imidazole rings is 1. The van der Waals surface area contributed by atoms with Crippen LogP contribution in [-0.4, -0.2) is 40.5 Å². The first-order valence-corrected chi connectivity index (χ1v) is 5.60. The third kappa shape index (κ3) is 1.93. The summed E-state index contributed by atoms with van der Waals surface area (Å²) in [5, 5.41) is 3.28. The van der Waals surface area contributed by atoms with Crippen LogP contribution < -0.4 is 5.32 Å². The Kier molecular flexibility index (Phi) is 2.41. The van der Waals surface area contributed by atoms with Crippen LogP contribution >= 0.6 is 0 Å². The van der Waals surface area contributed by atoms with E-state index in [2.05, 4.69) is 20.2 Å². The van der Waals surface area contributed by atoms with Gasteiger partial charge < -0.3 is 10.3 Å². The largest absolute Gasteiger partial charge is 0.434 e. The van der Waals surface area contributed by atoms with Crippen LogP contribution in [0.1, 0.15) is 11.5 Å². The van der Waals surface area contributed by atoms with E-state index in [4.69, 9.17) is 0 Å². The molecule has 2 aliphatic rings. The fraction of sp³-hybridized carbons (Fsp3) is 0.700. The van der Waals surface area contributed by atoms with Crippen molar-refractivity contribution in [2.45, 2.75) is 18.8 Å². The summed E-state index contributed by atoms with van der Waals surface area (Å²) in [6.07, 6.45) is -3.43. The van der Waals surface area contributed by atoms with Crippen molar-refractivity contribution in [3.05, 3.63) is 17.7 Å².